The molecule has 3 fully saturated rings. The zero-order valence-corrected chi connectivity index (χ0v) is 16.3. The van der Waals surface area contributed by atoms with Crippen molar-refractivity contribution in [2.45, 2.75) is 57.9 Å². The second-order valence-corrected chi connectivity index (χ2v) is 8.64. The quantitative estimate of drug-likeness (QED) is 0.810. The summed E-state index contributed by atoms with van der Waals surface area (Å²) in [5.74, 6) is 1.61. The normalized spacial score (nSPS) is 25.2. The maximum absolute atomic E-state index is 13.3. The van der Waals surface area contributed by atoms with E-state index in [1.165, 1.54) is 12.0 Å². The predicted octanol–water partition coefficient (Wildman–Crippen LogP) is 3.85. The number of amides is 2. The number of carbonyl (C=O) groups is 2. The van der Waals surface area contributed by atoms with E-state index < -0.39 is 0 Å². The fourth-order valence-electron chi connectivity index (χ4n) is 4.97. The van der Waals surface area contributed by atoms with E-state index in [-0.39, 0.29) is 5.92 Å². The molecule has 0 unspecified atom stereocenters. The highest BCUT2D eigenvalue weighted by Crippen LogP contribution is 2.35. The Labute approximate surface area is 162 Å². The van der Waals surface area contributed by atoms with Crippen molar-refractivity contribution in [3.63, 3.8) is 0 Å². The van der Waals surface area contributed by atoms with Crippen LogP contribution in [-0.4, -0.2) is 41.2 Å². The van der Waals surface area contributed by atoms with Gasteiger partial charge in [-0.25, -0.2) is 0 Å². The Morgan fingerprint density at radius 3 is 2.30 bits per heavy atom. The van der Waals surface area contributed by atoms with Crippen LogP contribution in [0.3, 0.4) is 0 Å². The van der Waals surface area contributed by atoms with Crippen LogP contribution in [0.5, 0.6) is 0 Å². The molecule has 1 aliphatic carbocycles. The molecule has 0 aromatic heterocycles. The maximum Gasteiger partial charge on any atom is 0.226 e. The summed E-state index contributed by atoms with van der Waals surface area (Å²) >= 11 is 0. The topological polar surface area (TPSA) is 40.6 Å². The summed E-state index contributed by atoms with van der Waals surface area (Å²) < 4.78 is 0. The van der Waals surface area contributed by atoms with E-state index >= 15 is 0 Å². The molecule has 0 N–H and O–H groups in total. The molecule has 1 aromatic rings. The summed E-state index contributed by atoms with van der Waals surface area (Å²) in [6, 6.07) is 10.3. The van der Waals surface area contributed by atoms with Gasteiger partial charge in [-0.15, -0.1) is 0 Å². The third kappa shape index (κ3) is 4.20. The molecule has 4 heteroatoms. The largest absolute Gasteiger partial charge is 0.342 e. The summed E-state index contributed by atoms with van der Waals surface area (Å²) in [7, 11) is 0. The van der Waals surface area contributed by atoms with Crippen molar-refractivity contribution in [3.8, 4) is 0 Å². The van der Waals surface area contributed by atoms with Crippen molar-refractivity contribution in [2.75, 3.05) is 19.6 Å². The fraction of sp³-hybridized carbons (Fsp3) is 0.652. The lowest BCUT2D eigenvalue weighted by Gasteiger charge is -2.39. The highest BCUT2D eigenvalue weighted by molar-refractivity contribution is 5.80. The summed E-state index contributed by atoms with van der Waals surface area (Å²) in [4.78, 5) is 29.9. The van der Waals surface area contributed by atoms with Crippen molar-refractivity contribution >= 4 is 11.8 Å². The van der Waals surface area contributed by atoms with Gasteiger partial charge in [0, 0.05) is 38.0 Å². The molecule has 3 aliphatic rings. The monoisotopic (exact) mass is 368 g/mol. The molecule has 4 nitrogen and oxygen atoms in total. The van der Waals surface area contributed by atoms with Crippen molar-refractivity contribution in [3.05, 3.63) is 35.9 Å². The molecule has 2 heterocycles. The number of piperidine rings is 1. The summed E-state index contributed by atoms with van der Waals surface area (Å²) in [6.45, 7) is 3.31. The van der Waals surface area contributed by atoms with Gasteiger partial charge in [0.05, 0.1) is 0 Å². The third-order valence-corrected chi connectivity index (χ3v) is 6.91. The average molecular weight is 369 g/mol. The van der Waals surface area contributed by atoms with Gasteiger partial charge < -0.3 is 9.80 Å². The second kappa shape index (κ2) is 8.45. The Balaban J connectivity index is 1.36. The Morgan fingerprint density at radius 1 is 0.889 bits per heavy atom. The van der Waals surface area contributed by atoms with Gasteiger partial charge in [-0.3, -0.25) is 9.59 Å². The van der Waals surface area contributed by atoms with E-state index in [1.54, 1.807) is 0 Å². The molecule has 2 aliphatic heterocycles. The van der Waals surface area contributed by atoms with Crippen molar-refractivity contribution in [1.29, 1.82) is 0 Å². The first-order valence-electron chi connectivity index (χ1n) is 10.8. The molecule has 146 valence electrons. The SMILES string of the molecule is O=C(C1CCC1)N1CCC([C@@H]2CCCCN(Cc3ccccc3)C2=O)CC1. The number of rotatable bonds is 4. The van der Waals surface area contributed by atoms with Crippen LogP contribution in [0.25, 0.3) is 0 Å². The van der Waals surface area contributed by atoms with Gasteiger partial charge >= 0.3 is 0 Å². The molecule has 1 aromatic carbocycles. The Kier molecular flexibility index (Phi) is 5.80. The maximum atomic E-state index is 13.3. The number of hydrogen-bond donors (Lipinski definition) is 0. The molecule has 1 atom stereocenters. The molecule has 1 saturated carbocycles. The molecule has 0 radical (unpaired) electrons. The third-order valence-electron chi connectivity index (χ3n) is 6.91. The molecule has 2 amide bonds. The average Bonchev–Trinajstić information content (AvgIpc) is 2.83. The van der Waals surface area contributed by atoms with Gasteiger partial charge in [0.2, 0.25) is 11.8 Å². The van der Waals surface area contributed by atoms with E-state index in [1.807, 2.05) is 18.2 Å². The lowest BCUT2D eigenvalue weighted by atomic mass is 9.79. The summed E-state index contributed by atoms with van der Waals surface area (Å²) in [6.07, 6.45) is 8.62. The van der Waals surface area contributed by atoms with Crippen LogP contribution in [0.2, 0.25) is 0 Å². The fourth-order valence-corrected chi connectivity index (χ4v) is 4.97. The van der Waals surface area contributed by atoms with Gasteiger partial charge in [-0.05, 0) is 50.0 Å². The predicted molar refractivity (Wildman–Crippen MR) is 106 cm³/mol. The minimum Gasteiger partial charge on any atom is -0.342 e. The van der Waals surface area contributed by atoms with Crippen LogP contribution in [0.4, 0.5) is 0 Å². The van der Waals surface area contributed by atoms with Gasteiger partial charge in [-0.2, -0.15) is 0 Å². The minimum absolute atomic E-state index is 0.150. The molecule has 2 saturated heterocycles. The molecular weight excluding hydrogens is 336 g/mol. The van der Waals surface area contributed by atoms with E-state index in [4.69, 9.17) is 0 Å². The highest BCUT2D eigenvalue weighted by atomic mass is 16.2. The minimum atomic E-state index is 0.150. The highest BCUT2D eigenvalue weighted by Gasteiger charge is 2.37. The standard InChI is InChI=1S/C23H32N2O2/c26-22(20-9-6-10-20)24-15-12-19(13-16-24)21-11-4-5-14-25(23(21)27)17-18-7-2-1-3-8-18/h1-3,7-8,19-21H,4-6,9-17H2/t21-/m0/s1. The van der Waals surface area contributed by atoms with Gasteiger partial charge in [-0.1, -0.05) is 43.2 Å². The van der Waals surface area contributed by atoms with Crippen LogP contribution < -0.4 is 0 Å². The van der Waals surface area contributed by atoms with Crippen molar-refractivity contribution < 1.29 is 9.59 Å². The Hall–Kier alpha value is -1.84. The van der Waals surface area contributed by atoms with E-state index in [2.05, 4.69) is 21.9 Å². The molecular formula is C23H32N2O2. The summed E-state index contributed by atoms with van der Waals surface area (Å²) in [5.41, 5.74) is 1.22. The molecule has 0 spiro atoms. The lowest BCUT2D eigenvalue weighted by Crippen LogP contribution is -2.46. The van der Waals surface area contributed by atoms with Crippen LogP contribution in [0.1, 0.15) is 56.9 Å². The zero-order valence-electron chi connectivity index (χ0n) is 16.3. The van der Waals surface area contributed by atoms with Gasteiger partial charge in [0.25, 0.3) is 0 Å². The molecule has 27 heavy (non-hydrogen) atoms. The van der Waals surface area contributed by atoms with E-state index in [0.29, 0.717) is 23.7 Å². The van der Waals surface area contributed by atoms with Crippen LogP contribution in [-0.2, 0) is 16.1 Å². The number of benzene rings is 1. The van der Waals surface area contributed by atoms with Crippen molar-refractivity contribution in [1.82, 2.24) is 9.80 Å². The Morgan fingerprint density at radius 2 is 1.63 bits per heavy atom. The van der Waals surface area contributed by atoms with Crippen LogP contribution in [0.15, 0.2) is 30.3 Å². The van der Waals surface area contributed by atoms with E-state index in [0.717, 1.165) is 71.1 Å². The smallest absolute Gasteiger partial charge is 0.226 e. The van der Waals surface area contributed by atoms with Gasteiger partial charge in [0.15, 0.2) is 0 Å². The molecule has 4 rings (SSSR count). The number of carbonyl (C=O) groups excluding carboxylic acids is 2. The number of likely N-dealkylation sites (tertiary alicyclic amines) is 2. The zero-order chi connectivity index (χ0) is 18.6. The van der Waals surface area contributed by atoms with Gasteiger partial charge in [0.1, 0.15) is 0 Å². The Bertz CT molecular complexity index is 648. The van der Waals surface area contributed by atoms with Crippen LogP contribution in [0, 0.1) is 17.8 Å². The summed E-state index contributed by atoms with van der Waals surface area (Å²) in [5, 5.41) is 0. The number of nitrogens with zero attached hydrogens (tertiary/aromatic N) is 2. The molecule has 0 bridgehead atoms. The van der Waals surface area contributed by atoms with Crippen LogP contribution >= 0.6 is 0 Å². The first kappa shape index (κ1) is 18.5. The first-order chi connectivity index (χ1) is 13.2. The lowest BCUT2D eigenvalue weighted by molar-refractivity contribution is -0.141. The van der Waals surface area contributed by atoms with E-state index in [9.17, 15) is 9.59 Å². The first-order valence-corrected chi connectivity index (χ1v) is 10.8. The second-order valence-electron chi connectivity index (χ2n) is 8.64. The van der Waals surface area contributed by atoms with Crippen molar-refractivity contribution in [2.24, 2.45) is 17.8 Å². The number of hydrogen-bond acceptors (Lipinski definition) is 2.